The number of likely N-dealkylation sites (tertiary alicyclic amines) is 2. The van der Waals surface area contributed by atoms with Crippen molar-refractivity contribution >= 4 is 5.91 Å². The minimum Gasteiger partial charge on any atom is -0.356 e. The van der Waals surface area contributed by atoms with E-state index in [1.165, 1.54) is 5.56 Å². The molecule has 37 heavy (non-hydrogen) atoms. The van der Waals surface area contributed by atoms with Gasteiger partial charge in [-0.15, -0.1) is 0 Å². The number of nitrogens with one attached hydrogen (secondary N) is 2. The lowest BCUT2D eigenvalue weighted by atomic mass is 9.70. The summed E-state index contributed by atoms with van der Waals surface area (Å²) in [7, 11) is 2.12. The van der Waals surface area contributed by atoms with Crippen molar-refractivity contribution in [1.82, 2.24) is 25.4 Å². The van der Waals surface area contributed by atoms with Crippen LogP contribution in [0.25, 0.3) is 0 Å². The molecule has 2 atom stereocenters. The van der Waals surface area contributed by atoms with Crippen LogP contribution in [0, 0.1) is 5.41 Å². The van der Waals surface area contributed by atoms with Crippen LogP contribution in [0.3, 0.4) is 0 Å². The Morgan fingerprint density at radius 3 is 2.59 bits per heavy atom. The molecule has 3 aliphatic heterocycles. The maximum Gasteiger partial charge on any atom is 0.231 e. The molecule has 4 heterocycles. The van der Waals surface area contributed by atoms with Gasteiger partial charge in [0.05, 0.1) is 5.41 Å². The molecule has 2 saturated heterocycles. The summed E-state index contributed by atoms with van der Waals surface area (Å²) in [5.74, 6) is 0.148. The highest BCUT2D eigenvalue weighted by Gasteiger charge is 2.46. The SMILES string of the molecule is CCOC1(c2cccnc2)C=CC(C2(C(=O)N[C@H]3CCN(C)C3)CCN(Cc3ccccc3)CC2)=CN1. The zero-order chi connectivity index (χ0) is 25.7. The first-order valence-corrected chi connectivity index (χ1v) is 13.5. The van der Waals surface area contributed by atoms with Crippen LogP contribution in [0.4, 0.5) is 0 Å². The first kappa shape index (κ1) is 25.6. The summed E-state index contributed by atoms with van der Waals surface area (Å²) in [5, 5.41) is 6.93. The molecular weight excluding hydrogens is 462 g/mol. The minimum absolute atomic E-state index is 0.148. The first-order chi connectivity index (χ1) is 18.0. The monoisotopic (exact) mass is 501 g/mol. The molecule has 7 heteroatoms. The van der Waals surface area contributed by atoms with Gasteiger partial charge in [-0.25, -0.2) is 0 Å². The third-order valence-corrected chi connectivity index (χ3v) is 8.07. The standard InChI is InChI=1S/C30H39N5O2/c1-3-37-30(26-10-7-16-31-20-26)13-11-25(21-32-30)29(28(36)33-27-12-17-34(2)23-27)14-18-35(19-15-29)22-24-8-5-4-6-9-24/h4-11,13,16,20-21,27,32H,3,12,14-15,17-19,22-23H2,1-2H3,(H,33,36)/t27-,30?/m0/s1. The van der Waals surface area contributed by atoms with Crippen LogP contribution in [-0.2, 0) is 21.8 Å². The summed E-state index contributed by atoms with van der Waals surface area (Å²) >= 11 is 0. The normalized spacial score (nSPS) is 25.9. The maximum atomic E-state index is 14.0. The number of pyridine rings is 1. The Labute approximate surface area is 220 Å². The van der Waals surface area contributed by atoms with Gasteiger partial charge >= 0.3 is 0 Å². The van der Waals surface area contributed by atoms with Gasteiger partial charge in [-0.3, -0.25) is 14.7 Å². The number of dihydropyridines is 1. The van der Waals surface area contributed by atoms with Crippen LogP contribution in [0.5, 0.6) is 0 Å². The summed E-state index contributed by atoms with van der Waals surface area (Å²) in [6.07, 6.45) is 12.3. The number of rotatable bonds is 8. The quantitative estimate of drug-likeness (QED) is 0.578. The Bertz CT molecular complexity index is 1110. The van der Waals surface area contributed by atoms with Crippen LogP contribution in [0.2, 0.25) is 0 Å². The number of nitrogens with zero attached hydrogens (tertiary/aromatic N) is 3. The highest BCUT2D eigenvalue weighted by molar-refractivity contribution is 5.87. The lowest BCUT2D eigenvalue weighted by Gasteiger charge is -2.44. The second-order valence-electron chi connectivity index (χ2n) is 10.6. The van der Waals surface area contributed by atoms with Gasteiger partial charge in [-0.05, 0) is 76.1 Å². The topological polar surface area (TPSA) is 69.7 Å². The van der Waals surface area contributed by atoms with E-state index in [1.807, 2.05) is 31.5 Å². The van der Waals surface area contributed by atoms with Gasteiger partial charge in [0.2, 0.25) is 5.91 Å². The fraction of sp³-hybridized carbons (Fsp3) is 0.467. The fourth-order valence-electron chi connectivity index (χ4n) is 5.91. The zero-order valence-corrected chi connectivity index (χ0v) is 22.0. The van der Waals surface area contributed by atoms with Crippen molar-refractivity contribution in [2.75, 3.05) is 39.8 Å². The molecule has 196 valence electrons. The molecule has 7 nitrogen and oxygen atoms in total. The van der Waals surface area contributed by atoms with Crippen molar-refractivity contribution in [3.05, 3.63) is 89.9 Å². The molecule has 1 amide bonds. The van der Waals surface area contributed by atoms with Crippen molar-refractivity contribution in [2.45, 2.75) is 44.5 Å². The molecule has 1 aromatic carbocycles. The summed E-state index contributed by atoms with van der Waals surface area (Å²) in [6, 6.07) is 14.7. The van der Waals surface area contributed by atoms with E-state index in [2.05, 4.69) is 74.9 Å². The van der Waals surface area contributed by atoms with E-state index >= 15 is 0 Å². The molecule has 0 aliphatic carbocycles. The van der Waals surface area contributed by atoms with E-state index in [4.69, 9.17) is 4.74 Å². The Kier molecular flexibility index (Phi) is 7.74. The summed E-state index contributed by atoms with van der Waals surface area (Å²) in [5.41, 5.74) is 1.91. The first-order valence-electron chi connectivity index (χ1n) is 13.5. The van der Waals surface area contributed by atoms with Gasteiger partial charge in [0.15, 0.2) is 5.72 Å². The lowest BCUT2D eigenvalue weighted by molar-refractivity contribution is -0.132. The van der Waals surface area contributed by atoms with Crippen molar-refractivity contribution in [3.63, 3.8) is 0 Å². The number of carbonyl (C=O) groups is 1. The van der Waals surface area contributed by atoms with Gasteiger partial charge in [0, 0.05) is 49.9 Å². The number of ether oxygens (including phenoxy) is 1. The Balaban J connectivity index is 1.37. The van der Waals surface area contributed by atoms with Crippen LogP contribution < -0.4 is 10.6 Å². The summed E-state index contributed by atoms with van der Waals surface area (Å²) in [4.78, 5) is 23.1. The molecule has 2 fully saturated rings. The predicted molar refractivity (Wildman–Crippen MR) is 145 cm³/mol. The third kappa shape index (κ3) is 5.49. The fourth-order valence-corrected chi connectivity index (χ4v) is 5.91. The van der Waals surface area contributed by atoms with E-state index < -0.39 is 11.1 Å². The Morgan fingerprint density at radius 1 is 1.16 bits per heavy atom. The number of benzene rings is 1. The van der Waals surface area contributed by atoms with E-state index in [0.29, 0.717) is 6.61 Å². The van der Waals surface area contributed by atoms with Gasteiger partial charge in [-0.1, -0.05) is 42.5 Å². The largest absolute Gasteiger partial charge is 0.356 e. The number of aromatic nitrogens is 1. The molecule has 0 bridgehead atoms. The number of amides is 1. The van der Waals surface area contributed by atoms with Crippen molar-refractivity contribution in [1.29, 1.82) is 0 Å². The van der Waals surface area contributed by atoms with Crippen molar-refractivity contribution < 1.29 is 9.53 Å². The average molecular weight is 502 g/mol. The highest BCUT2D eigenvalue weighted by atomic mass is 16.5. The van der Waals surface area contributed by atoms with Gasteiger partial charge in [-0.2, -0.15) is 0 Å². The number of piperidine rings is 1. The number of allylic oxidation sites excluding steroid dienone is 1. The smallest absolute Gasteiger partial charge is 0.231 e. The highest BCUT2D eigenvalue weighted by Crippen LogP contribution is 2.43. The molecule has 0 saturated carbocycles. The Morgan fingerprint density at radius 2 is 1.97 bits per heavy atom. The van der Waals surface area contributed by atoms with Gasteiger partial charge < -0.3 is 20.3 Å². The number of hydrogen-bond acceptors (Lipinski definition) is 6. The van der Waals surface area contributed by atoms with Crippen LogP contribution in [-0.4, -0.2) is 66.6 Å². The van der Waals surface area contributed by atoms with Crippen molar-refractivity contribution in [2.24, 2.45) is 5.41 Å². The number of carbonyl (C=O) groups excluding carboxylic acids is 1. The molecule has 1 unspecified atom stereocenters. The molecule has 2 aromatic rings. The minimum atomic E-state index is -0.785. The van der Waals surface area contributed by atoms with Crippen molar-refractivity contribution in [3.8, 4) is 0 Å². The van der Waals surface area contributed by atoms with E-state index in [1.54, 1.807) is 6.20 Å². The predicted octanol–water partition coefficient (Wildman–Crippen LogP) is 3.42. The molecule has 1 aromatic heterocycles. The van der Waals surface area contributed by atoms with Crippen LogP contribution in [0.1, 0.15) is 37.3 Å². The van der Waals surface area contributed by atoms with Gasteiger partial charge in [0.1, 0.15) is 0 Å². The zero-order valence-electron chi connectivity index (χ0n) is 22.0. The molecule has 3 aliphatic rings. The van der Waals surface area contributed by atoms with E-state index in [9.17, 15) is 4.79 Å². The number of likely N-dealkylation sites (N-methyl/N-ethyl adjacent to an activating group) is 1. The molecule has 2 N–H and O–H groups in total. The average Bonchev–Trinajstić information content (AvgIpc) is 3.35. The van der Waals surface area contributed by atoms with E-state index in [-0.39, 0.29) is 11.9 Å². The Hall–Kier alpha value is -3.00. The molecular formula is C30H39N5O2. The molecule has 0 radical (unpaired) electrons. The molecule has 5 rings (SSSR count). The second kappa shape index (κ2) is 11.2. The van der Waals surface area contributed by atoms with Crippen LogP contribution in [0.15, 0.2) is 78.8 Å². The second-order valence-corrected chi connectivity index (χ2v) is 10.6. The van der Waals surface area contributed by atoms with Gasteiger partial charge in [0.25, 0.3) is 0 Å². The summed E-state index contributed by atoms with van der Waals surface area (Å²) < 4.78 is 6.19. The van der Waals surface area contributed by atoms with Crippen LogP contribution >= 0.6 is 0 Å². The molecule has 0 spiro atoms. The number of hydrogen-bond donors (Lipinski definition) is 2. The lowest BCUT2D eigenvalue weighted by Crippen LogP contribution is -2.53. The third-order valence-electron chi connectivity index (χ3n) is 8.07. The van der Waals surface area contributed by atoms with E-state index in [0.717, 1.165) is 63.1 Å². The summed E-state index contributed by atoms with van der Waals surface area (Å²) in [6.45, 7) is 7.12. The maximum absolute atomic E-state index is 14.0.